The highest BCUT2D eigenvalue weighted by Gasteiger charge is 2.19. The van der Waals surface area contributed by atoms with Gasteiger partial charge in [0.1, 0.15) is 6.07 Å². The maximum atomic E-state index is 9.15. The molecular weight excluding hydrogens is 196 g/mol. The fourth-order valence-corrected chi connectivity index (χ4v) is 2.40. The van der Waals surface area contributed by atoms with Gasteiger partial charge in [-0.2, -0.15) is 5.26 Å². The Bertz CT molecular complexity index is 409. The summed E-state index contributed by atoms with van der Waals surface area (Å²) in [4.78, 5) is 2.37. The van der Waals surface area contributed by atoms with Crippen LogP contribution in [0.3, 0.4) is 0 Å². The normalized spacial score (nSPS) is 17.2. The third-order valence-electron chi connectivity index (χ3n) is 3.46. The van der Waals surface area contributed by atoms with E-state index in [-0.39, 0.29) is 0 Å². The van der Waals surface area contributed by atoms with Crippen LogP contribution in [-0.4, -0.2) is 13.1 Å². The van der Waals surface area contributed by atoms with Crippen molar-refractivity contribution in [2.75, 3.05) is 18.0 Å². The standard InChI is InChI=1S/C14H18N2/c1-11-6-8-16(9-7-11)14-12(2)4-3-5-13(14)10-15/h3-5,11H,6-9H2,1-2H3. The van der Waals surface area contributed by atoms with Crippen molar-refractivity contribution in [3.63, 3.8) is 0 Å². The molecule has 0 atom stereocenters. The van der Waals surface area contributed by atoms with Crippen molar-refractivity contribution in [1.82, 2.24) is 0 Å². The lowest BCUT2D eigenvalue weighted by atomic mass is 9.97. The van der Waals surface area contributed by atoms with Gasteiger partial charge < -0.3 is 4.90 Å². The van der Waals surface area contributed by atoms with Crippen molar-refractivity contribution in [3.8, 4) is 6.07 Å². The molecule has 1 heterocycles. The Morgan fingerprint density at radius 2 is 2.00 bits per heavy atom. The molecule has 0 N–H and O–H groups in total. The van der Waals surface area contributed by atoms with Crippen LogP contribution in [0.1, 0.15) is 30.9 Å². The molecule has 0 amide bonds. The number of hydrogen-bond acceptors (Lipinski definition) is 2. The molecule has 1 fully saturated rings. The van der Waals surface area contributed by atoms with E-state index < -0.39 is 0 Å². The Hall–Kier alpha value is -1.49. The summed E-state index contributed by atoms with van der Waals surface area (Å²) in [6.07, 6.45) is 2.47. The summed E-state index contributed by atoms with van der Waals surface area (Å²) >= 11 is 0. The number of hydrogen-bond donors (Lipinski definition) is 0. The van der Waals surface area contributed by atoms with Gasteiger partial charge in [0.2, 0.25) is 0 Å². The quantitative estimate of drug-likeness (QED) is 0.718. The second-order valence-corrected chi connectivity index (χ2v) is 4.75. The lowest BCUT2D eigenvalue weighted by Gasteiger charge is -2.33. The second-order valence-electron chi connectivity index (χ2n) is 4.75. The number of benzene rings is 1. The van der Waals surface area contributed by atoms with Crippen LogP contribution in [0.4, 0.5) is 5.69 Å². The van der Waals surface area contributed by atoms with Crippen LogP contribution >= 0.6 is 0 Å². The monoisotopic (exact) mass is 214 g/mol. The second kappa shape index (κ2) is 4.57. The van der Waals surface area contributed by atoms with Gasteiger partial charge in [-0.15, -0.1) is 0 Å². The fourth-order valence-electron chi connectivity index (χ4n) is 2.40. The number of piperidine rings is 1. The summed E-state index contributed by atoms with van der Waals surface area (Å²) < 4.78 is 0. The first-order chi connectivity index (χ1) is 7.72. The molecule has 0 bridgehead atoms. The van der Waals surface area contributed by atoms with E-state index in [2.05, 4.69) is 30.9 Å². The molecule has 2 nitrogen and oxygen atoms in total. The van der Waals surface area contributed by atoms with E-state index in [9.17, 15) is 0 Å². The zero-order chi connectivity index (χ0) is 11.5. The van der Waals surface area contributed by atoms with E-state index in [1.807, 2.05) is 12.1 Å². The van der Waals surface area contributed by atoms with Gasteiger partial charge in [-0.3, -0.25) is 0 Å². The van der Waals surface area contributed by atoms with Crippen molar-refractivity contribution in [3.05, 3.63) is 29.3 Å². The van der Waals surface area contributed by atoms with Gasteiger partial charge in [0, 0.05) is 13.1 Å². The van der Waals surface area contributed by atoms with Crippen molar-refractivity contribution in [2.24, 2.45) is 5.92 Å². The Kier molecular flexibility index (Phi) is 3.14. The van der Waals surface area contributed by atoms with Gasteiger partial charge in [-0.1, -0.05) is 19.1 Å². The highest BCUT2D eigenvalue weighted by atomic mass is 15.1. The SMILES string of the molecule is Cc1cccc(C#N)c1N1CCC(C)CC1. The molecule has 0 aliphatic carbocycles. The molecule has 0 radical (unpaired) electrons. The maximum absolute atomic E-state index is 9.15. The van der Waals surface area contributed by atoms with Crippen LogP contribution in [0.2, 0.25) is 0 Å². The highest BCUT2D eigenvalue weighted by Crippen LogP contribution is 2.28. The molecule has 0 spiro atoms. The van der Waals surface area contributed by atoms with E-state index in [1.165, 1.54) is 18.4 Å². The lowest BCUT2D eigenvalue weighted by Crippen LogP contribution is -2.33. The zero-order valence-electron chi connectivity index (χ0n) is 10.0. The summed E-state index contributed by atoms with van der Waals surface area (Å²) in [6, 6.07) is 8.27. The van der Waals surface area contributed by atoms with E-state index in [0.717, 1.165) is 30.3 Å². The summed E-state index contributed by atoms with van der Waals surface area (Å²) in [7, 11) is 0. The minimum atomic E-state index is 0.814. The van der Waals surface area contributed by atoms with Crippen LogP contribution in [0.15, 0.2) is 18.2 Å². The summed E-state index contributed by atoms with van der Waals surface area (Å²) in [5.74, 6) is 0.825. The highest BCUT2D eigenvalue weighted by molar-refractivity contribution is 5.64. The molecule has 16 heavy (non-hydrogen) atoms. The fraction of sp³-hybridized carbons (Fsp3) is 0.500. The van der Waals surface area contributed by atoms with E-state index in [4.69, 9.17) is 5.26 Å². The minimum absolute atomic E-state index is 0.814. The first-order valence-electron chi connectivity index (χ1n) is 5.97. The van der Waals surface area contributed by atoms with Crippen molar-refractivity contribution >= 4 is 5.69 Å². The van der Waals surface area contributed by atoms with Crippen LogP contribution in [0.5, 0.6) is 0 Å². The number of rotatable bonds is 1. The third-order valence-corrected chi connectivity index (χ3v) is 3.46. The van der Waals surface area contributed by atoms with Gasteiger partial charge in [-0.25, -0.2) is 0 Å². The van der Waals surface area contributed by atoms with Gasteiger partial charge >= 0.3 is 0 Å². The van der Waals surface area contributed by atoms with Crippen molar-refractivity contribution in [2.45, 2.75) is 26.7 Å². The average Bonchev–Trinajstić information content (AvgIpc) is 2.30. The summed E-state index contributed by atoms with van der Waals surface area (Å²) in [5.41, 5.74) is 3.18. The van der Waals surface area contributed by atoms with Gasteiger partial charge in [0.15, 0.2) is 0 Å². The van der Waals surface area contributed by atoms with Crippen LogP contribution in [0.25, 0.3) is 0 Å². The van der Waals surface area contributed by atoms with E-state index in [0.29, 0.717) is 0 Å². The van der Waals surface area contributed by atoms with Gasteiger partial charge in [0.05, 0.1) is 11.3 Å². The Morgan fingerprint density at radius 3 is 2.62 bits per heavy atom. The summed E-state index contributed by atoms with van der Waals surface area (Å²) in [5, 5.41) is 9.15. The number of nitriles is 1. The predicted octanol–water partition coefficient (Wildman–Crippen LogP) is 3.10. The number of anilines is 1. The molecule has 1 aromatic carbocycles. The van der Waals surface area contributed by atoms with Crippen LogP contribution in [-0.2, 0) is 0 Å². The topological polar surface area (TPSA) is 27.0 Å². The predicted molar refractivity (Wildman–Crippen MR) is 66.5 cm³/mol. The van der Waals surface area contributed by atoms with E-state index >= 15 is 0 Å². The van der Waals surface area contributed by atoms with Crippen molar-refractivity contribution in [1.29, 1.82) is 5.26 Å². The molecule has 0 aromatic heterocycles. The molecule has 2 heteroatoms. The molecule has 1 aromatic rings. The third kappa shape index (κ3) is 2.04. The molecule has 84 valence electrons. The first-order valence-corrected chi connectivity index (χ1v) is 5.97. The smallest absolute Gasteiger partial charge is 0.101 e. The maximum Gasteiger partial charge on any atom is 0.101 e. The Labute approximate surface area is 97.5 Å². The van der Waals surface area contributed by atoms with Crippen LogP contribution in [0, 0.1) is 24.2 Å². The Morgan fingerprint density at radius 1 is 1.31 bits per heavy atom. The largest absolute Gasteiger partial charge is 0.370 e. The molecule has 1 saturated heterocycles. The van der Waals surface area contributed by atoms with E-state index in [1.54, 1.807) is 0 Å². The minimum Gasteiger partial charge on any atom is -0.370 e. The van der Waals surface area contributed by atoms with Gasteiger partial charge in [-0.05, 0) is 37.3 Å². The number of nitrogens with zero attached hydrogens (tertiary/aromatic N) is 2. The number of aryl methyl sites for hydroxylation is 1. The first kappa shape index (κ1) is 11.0. The zero-order valence-corrected chi connectivity index (χ0v) is 10.0. The lowest BCUT2D eigenvalue weighted by molar-refractivity contribution is 0.438. The average molecular weight is 214 g/mol. The van der Waals surface area contributed by atoms with Gasteiger partial charge in [0.25, 0.3) is 0 Å². The van der Waals surface area contributed by atoms with Crippen molar-refractivity contribution < 1.29 is 0 Å². The van der Waals surface area contributed by atoms with Crippen LogP contribution < -0.4 is 4.90 Å². The molecule has 1 aliphatic rings. The summed E-state index contributed by atoms with van der Waals surface area (Å²) in [6.45, 7) is 6.57. The molecule has 2 rings (SSSR count). The Balaban J connectivity index is 2.30. The number of para-hydroxylation sites is 1. The molecule has 1 aliphatic heterocycles. The molecule has 0 unspecified atom stereocenters. The molecular formula is C14H18N2. The molecule has 0 saturated carbocycles.